The van der Waals surface area contributed by atoms with E-state index < -0.39 is 0 Å². The fourth-order valence-corrected chi connectivity index (χ4v) is 3.11. The number of nitrogens with one attached hydrogen (secondary N) is 1. The summed E-state index contributed by atoms with van der Waals surface area (Å²) in [6.07, 6.45) is 10.5. The molecule has 0 saturated heterocycles. The number of rotatable bonds is 7. The van der Waals surface area contributed by atoms with Gasteiger partial charge in [-0.1, -0.05) is 20.3 Å². The van der Waals surface area contributed by atoms with Crippen molar-refractivity contribution < 1.29 is 0 Å². The van der Waals surface area contributed by atoms with Gasteiger partial charge in [0.25, 0.3) is 0 Å². The molecule has 2 unspecified atom stereocenters. The van der Waals surface area contributed by atoms with Crippen LogP contribution < -0.4 is 5.32 Å². The van der Waals surface area contributed by atoms with E-state index in [1.54, 1.807) is 6.33 Å². The summed E-state index contributed by atoms with van der Waals surface area (Å²) in [5.74, 6) is 1.96. The van der Waals surface area contributed by atoms with Crippen molar-refractivity contribution in [1.29, 1.82) is 0 Å². The second kappa shape index (κ2) is 7.63. The normalized spacial score (nSPS) is 23.7. The van der Waals surface area contributed by atoms with Crippen molar-refractivity contribution in [3.8, 4) is 0 Å². The molecule has 0 bridgehead atoms. The highest BCUT2D eigenvalue weighted by atomic mass is 15.3. The lowest BCUT2D eigenvalue weighted by Crippen LogP contribution is -2.35. The van der Waals surface area contributed by atoms with E-state index in [1.807, 2.05) is 0 Å². The molecule has 0 amide bonds. The van der Waals surface area contributed by atoms with Crippen LogP contribution in [-0.2, 0) is 13.0 Å². The third-order valence-electron chi connectivity index (χ3n) is 4.07. The van der Waals surface area contributed by atoms with Gasteiger partial charge in [0.05, 0.1) is 0 Å². The fourth-order valence-electron chi connectivity index (χ4n) is 3.11. The Labute approximate surface area is 117 Å². The van der Waals surface area contributed by atoms with Crippen LogP contribution in [-0.4, -0.2) is 27.4 Å². The summed E-state index contributed by atoms with van der Waals surface area (Å²) in [6.45, 7) is 6.58. The highest BCUT2D eigenvalue weighted by molar-refractivity contribution is 4.90. The lowest BCUT2D eigenvalue weighted by Gasteiger charge is -2.29. The molecule has 2 atom stereocenters. The Bertz CT molecular complexity index is 361. The first-order valence-corrected chi connectivity index (χ1v) is 7.93. The summed E-state index contributed by atoms with van der Waals surface area (Å²) in [4.78, 5) is 4.45. The van der Waals surface area contributed by atoms with Gasteiger partial charge in [-0.15, -0.1) is 0 Å². The third kappa shape index (κ3) is 4.30. The Morgan fingerprint density at radius 2 is 2.21 bits per heavy atom. The second-order valence-corrected chi connectivity index (χ2v) is 5.79. The highest BCUT2D eigenvalue weighted by Gasteiger charge is 2.23. The number of nitrogens with zero attached hydrogens (tertiary/aromatic N) is 3. The summed E-state index contributed by atoms with van der Waals surface area (Å²) in [7, 11) is 0. The van der Waals surface area contributed by atoms with E-state index in [0.717, 1.165) is 37.9 Å². The summed E-state index contributed by atoms with van der Waals surface area (Å²) in [5.41, 5.74) is 0. The van der Waals surface area contributed by atoms with Gasteiger partial charge in [0, 0.05) is 19.0 Å². The van der Waals surface area contributed by atoms with Crippen LogP contribution in [0.5, 0.6) is 0 Å². The number of aromatic nitrogens is 3. The minimum atomic E-state index is 0.723. The van der Waals surface area contributed by atoms with E-state index in [2.05, 4.69) is 33.9 Å². The Morgan fingerprint density at radius 3 is 3.00 bits per heavy atom. The predicted molar refractivity (Wildman–Crippen MR) is 78.1 cm³/mol. The van der Waals surface area contributed by atoms with Crippen LogP contribution in [0.15, 0.2) is 6.33 Å². The number of hydrogen-bond donors (Lipinski definition) is 1. The van der Waals surface area contributed by atoms with Gasteiger partial charge >= 0.3 is 0 Å². The molecule has 1 aromatic heterocycles. The molecule has 1 N–H and O–H groups in total. The van der Waals surface area contributed by atoms with Crippen LogP contribution in [0.4, 0.5) is 0 Å². The van der Waals surface area contributed by atoms with Gasteiger partial charge in [-0.2, -0.15) is 5.10 Å². The Balaban J connectivity index is 1.85. The molecular formula is C15H28N4. The summed E-state index contributed by atoms with van der Waals surface area (Å²) in [6, 6.07) is 0.723. The van der Waals surface area contributed by atoms with Gasteiger partial charge in [-0.25, -0.2) is 4.98 Å². The van der Waals surface area contributed by atoms with E-state index in [9.17, 15) is 0 Å². The molecule has 0 spiro atoms. The van der Waals surface area contributed by atoms with Crippen molar-refractivity contribution in [1.82, 2.24) is 20.1 Å². The maximum atomic E-state index is 4.45. The molecule has 108 valence electrons. The van der Waals surface area contributed by atoms with E-state index in [1.165, 1.54) is 37.9 Å². The zero-order valence-corrected chi connectivity index (χ0v) is 12.4. The number of hydrogen-bond acceptors (Lipinski definition) is 3. The van der Waals surface area contributed by atoms with Gasteiger partial charge in [0.1, 0.15) is 12.2 Å². The van der Waals surface area contributed by atoms with E-state index in [-0.39, 0.29) is 0 Å². The Kier molecular flexibility index (Phi) is 5.83. The van der Waals surface area contributed by atoms with Gasteiger partial charge in [0.2, 0.25) is 0 Å². The molecule has 0 aliphatic heterocycles. The molecule has 4 nitrogen and oxygen atoms in total. The largest absolute Gasteiger partial charge is 0.314 e. The zero-order chi connectivity index (χ0) is 13.5. The van der Waals surface area contributed by atoms with Gasteiger partial charge < -0.3 is 5.32 Å². The molecule has 0 radical (unpaired) electrons. The second-order valence-electron chi connectivity index (χ2n) is 5.79. The average molecular weight is 264 g/mol. The van der Waals surface area contributed by atoms with Crippen molar-refractivity contribution in [2.45, 2.75) is 71.4 Å². The van der Waals surface area contributed by atoms with Crippen LogP contribution in [0.1, 0.15) is 58.2 Å². The highest BCUT2D eigenvalue weighted by Crippen LogP contribution is 2.26. The fraction of sp³-hybridized carbons (Fsp3) is 0.867. The molecule has 1 heterocycles. The molecule has 2 rings (SSSR count). The summed E-state index contributed by atoms with van der Waals surface area (Å²) in [5, 5.41) is 8.01. The van der Waals surface area contributed by atoms with Gasteiger partial charge in [0.15, 0.2) is 0 Å². The minimum absolute atomic E-state index is 0.723. The molecule has 1 aromatic rings. The molecule has 1 fully saturated rings. The predicted octanol–water partition coefficient (Wildman–Crippen LogP) is 2.79. The molecule has 1 saturated carbocycles. The minimum Gasteiger partial charge on any atom is -0.314 e. The standard InChI is InChI=1S/C15H28N4/c1-3-8-16-14-7-5-6-13(10-14)11-15-17-12-18-19(15)9-4-2/h12-14,16H,3-11H2,1-2H3. The lowest BCUT2D eigenvalue weighted by molar-refractivity contribution is 0.278. The average Bonchev–Trinajstić information content (AvgIpc) is 2.85. The first-order valence-electron chi connectivity index (χ1n) is 7.93. The van der Waals surface area contributed by atoms with Crippen LogP contribution in [0.2, 0.25) is 0 Å². The van der Waals surface area contributed by atoms with Crippen molar-refractivity contribution in [3.05, 3.63) is 12.2 Å². The molecule has 19 heavy (non-hydrogen) atoms. The summed E-state index contributed by atoms with van der Waals surface area (Å²) >= 11 is 0. The Morgan fingerprint density at radius 1 is 1.32 bits per heavy atom. The zero-order valence-electron chi connectivity index (χ0n) is 12.4. The first kappa shape index (κ1) is 14.5. The van der Waals surface area contributed by atoms with Crippen molar-refractivity contribution in [3.63, 3.8) is 0 Å². The molecule has 4 heteroatoms. The topological polar surface area (TPSA) is 42.7 Å². The molecule has 1 aliphatic carbocycles. The van der Waals surface area contributed by atoms with Crippen molar-refractivity contribution in [2.75, 3.05) is 6.54 Å². The summed E-state index contributed by atoms with van der Waals surface area (Å²) < 4.78 is 2.09. The van der Waals surface area contributed by atoms with Gasteiger partial charge in [-0.3, -0.25) is 4.68 Å². The monoisotopic (exact) mass is 264 g/mol. The van der Waals surface area contributed by atoms with E-state index in [0.29, 0.717) is 0 Å². The maximum Gasteiger partial charge on any atom is 0.138 e. The molecular weight excluding hydrogens is 236 g/mol. The smallest absolute Gasteiger partial charge is 0.138 e. The SMILES string of the molecule is CCCNC1CCCC(Cc2ncnn2CCC)C1. The van der Waals surface area contributed by atoms with Crippen LogP contribution >= 0.6 is 0 Å². The van der Waals surface area contributed by atoms with Crippen LogP contribution in [0, 0.1) is 5.92 Å². The van der Waals surface area contributed by atoms with E-state index in [4.69, 9.17) is 0 Å². The van der Waals surface area contributed by atoms with Crippen LogP contribution in [0.3, 0.4) is 0 Å². The third-order valence-corrected chi connectivity index (χ3v) is 4.07. The molecule has 0 aromatic carbocycles. The first-order chi connectivity index (χ1) is 9.33. The lowest BCUT2D eigenvalue weighted by atomic mass is 9.83. The maximum absolute atomic E-state index is 4.45. The molecule has 1 aliphatic rings. The van der Waals surface area contributed by atoms with Crippen LogP contribution in [0.25, 0.3) is 0 Å². The quantitative estimate of drug-likeness (QED) is 0.823. The van der Waals surface area contributed by atoms with E-state index >= 15 is 0 Å². The Hall–Kier alpha value is -0.900. The van der Waals surface area contributed by atoms with Gasteiger partial charge in [-0.05, 0) is 44.6 Å². The number of aryl methyl sites for hydroxylation is 1. The van der Waals surface area contributed by atoms with Crippen molar-refractivity contribution >= 4 is 0 Å². The van der Waals surface area contributed by atoms with Crippen molar-refractivity contribution in [2.24, 2.45) is 5.92 Å².